The molecule has 2 heterocycles. The van der Waals surface area contributed by atoms with Crippen LogP contribution in [0.3, 0.4) is 0 Å². The quantitative estimate of drug-likeness (QED) is 0.763. The van der Waals surface area contributed by atoms with Crippen LogP contribution in [0.15, 0.2) is 0 Å². The third-order valence-electron chi connectivity index (χ3n) is 4.84. The zero-order valence-corrected chi connectivity index (χ0v) is 12.3. The van der Waals surface area contributed by atoms with Crippen molar-refractivity contribution in [2.24, 2.45) is 11.3 Å². The van der Waals surface area contributed by atoms with Crippen LogP contribution < -0.4 is 0 Å². The molecule has 1 N–H and O–H groups in total. The van der Waals surface area contributed by atoms with Crippen LogP contribution in [0.2, 0.25) is 0 Å². The summed E-state index contributed by atoms with van der Waals surface area (Å²) in [6, 6.07) is -0.470. The van der Waals surface area contributed by atoms with E-state index in [0.29, 0.717) is 26.1 Å². The highest BCUT2D eigenvalue weighted by atomic mass is 16.4. The zero-order valence-electron chi connectivity index (χ0n) is 12.3. The fourth-order valence-corrected chi connectivity index (χ4v) is 3.31. The van der Waals surface area contributed by atoms with Crippen LogP contribution in [0.25, 0.3) is 0 Å². The summed E-state index contributed by atoms with van der Waals surface area (Å²) in [5.74, 6) is -1.14. The smallest absolute Gasteiger partial charge is 0.311 e. The average Bonchev–Trinajstić information content (AvgIpc) is 2.92. The molecule has 0 saturated carbocycles. The summed E-state index contributed by atoms with van der Waals surface area (Å²) in [6.07, 6.45) is 0.713. The first-order chi connectivity index (χ1) is 9.33. The van der Waals surface area contributed by atoms with Crippen molar-refractivity contribution in [3.8, 4) is 0 Å². The summed E-state index contributed by atoms with van der Waals surface area (Å²) >= 11 is 0. The van der Waals surface area contributed by atoms with E-state index >= 15 is 0 Å². The zero-order chi connectivity index (χ0) is 15.1. The van der Waals surface area contributed by atoms with Gasteiger partial charge < -0.3 is 5.11 Å². The van der Waals surface area contributed by atoms with Gasteiger partial charge in [-0.3, -0.25) is 24.2 Å². The normalized spacial score (nSPS) is 31.6. The number of rotatable bonds is 4. The topological polar surface area (TPSA) is 77.9 Å². The fraction of sp³-hybridized carbons (Fsp3) is 0.786. The Bertz CT molecular complexity index is 448. The largest absolute Gasteiger partial charge is 0.481 e. The molecule has 2 aliphatic heterocycles. The monoisotopic (exact) mass is 282 g/mol. The molecule has 2 saturated heterocycles. The lowest BCUT2D eigenvalue weighted by Crippen LogP contribution is -2.44. The molecule has 0 aromatic carbocycles. The lowest BCUT2D eigenvalue weighted by atomic mass is 9.76. The molecule has 0 radical (unpaired) electrons. The highest BCUT2D eigenvalue weighted by molar-refractivity contribution is 6.05. The van der Waals surface area contributed by atoms with Crippen molar-refractivity contribution in [1.29, 1.82) is 0 Å². The minimum Gasteiger partial charge on any atom is -0.481 e. The van der Waals surface area contributed by atoms with Gasteiger partial charge in [-0.2, -0.15) is 0 Å². The minimum absolute atomic E-state index is 0.000477. The number of nitrogens with zero attached hydrogens (tertiary/aromatic N) is 2. The van der Waals surface area contributed by atoms with Gasteiger partial charge in [-0.25, -0.2) is 0 Å². The lowest BCUT2D eigenvalue weighted by Gasteiger charge is -2.30. The lowest BCUT2D eigenvalue weighted by molar-refractivity contribution is -0.151. The number of aliphatic carboxylic acids is 1. The number of likely N-dealkylation sites (N-methyl/N-ethyl adjacent to an activating group) is 1. The molecule has 2 aliphatic rings. The second kappa shape index (κ2) is 5.16. The summed E-state index contributed by atoms with van der Waals surface area (Å²) in [5, 5.41) is 9.52. The molecule has 2 rings (SSSR count). The summed E-state index contributed by atoms with van der Waals surface area (Å²) in [5.41, 5.74) is -0.803. The van der Waals surface area contributed by atoms with Gasteiger partial charge in [0.2, 0.25) is 11.8 Å². The van der Waals surface area contributed by atoms with Gasteiger partial charge >= 0.3 is 5.97 Å². The van der Waals surface area contributed by atoms with Crippen LogP contribution in [0.1, 0.15) is 33.6 Å². The second-order valence-corrected chi connectivity index (χ2v) is 6.03. The Balaban J connectivity index is 2.16. The SMILES string of the molecule is CCN1C(=O)CC(N2CCC(C(=O)O)(C(C)C)C2)C1=O. The maximum Gasteiger partial charge on any atom is 0.311 e. The Hall–Kier alpha value is -1.43. The molecule has 0 aromatic heterocycles. The van der Waals surface area contributed by atoms with E-state index in [1.807, 2.05) is 18.7 Å². The van der Waals surface area contributed by atoms with E-state index in [1.54, 1.807) is 6.92 Å². The van der Waals surface area contributed by atoms with Crippen LogP contribution >= 0.6 is 0 Å². The number of hydrogen-bond donors (Lipinski definition) is 1. The van der Waals surface area contributed by atoms with Gasteiger partial charge in [0.25, 0.3) is 0 Å². The van der Waals surface area contributed by atoms with Crippen LogP contribution in [0, 0.1) is 11.3 Å². The first-order valence-electron chi connectivity index (χ1n) is 7.15. The molecule has 6 nitrogen and oxygen atoms in total. The Morgan fingerprint density at radius 2 is 2.10 bits per heavy atom. The van der Waals surface area contributed by atoms with Crippen molar-refractivity contribution >= 4 is 17.8 Å². The fourth-order valence-electron chi connectivity index (χ4n) is 3.31. The highest BCUT2D eigenvalue weighted by Crippen LogP contribution is 2.40. The number of hydrogen-bond acceptors (Lipinski definition) is 4. The van der Waals surface area contributed by atoms with Crippen molar-refractivity contribution in [3.63, 3.8) is 0 Å². The van der Waals surface area contributed by atoms with Gasteiger partial charge in [0.15, 0.2) is 0 Å². The van der Waals surface area contributed by atoms with Crippen molar-refractivity contribution < 1.29 is 19.5 Å². The molecular weight excluding hydrogens is 260 g/mol. The standard InChI is InChI=1S/C14H22N2O4/c1-4-16-11(17)7-10(12(16)18)15-6-5-14(8-15,9(2)3)13(19)20/h9-10H,4-8H2,1-3H3,(H,19,20). The van der Waals surface area contributed by atoms with Gasteiger partial charge in [-0.15, -0.1) is 0 Å². The summed E-state index contributed by atoms with van der Waals surface area (Å²) in [6.45, 7) is 6.87. The van der Waals surface area contributed by atoms with E-state index in [1.165, 1.54) is 4.90 Å². The van der Waals surface area contributed by atoms with Crippen LogP contribution in [-0.4, -0.2) is 58.4 Å². The van der Waals surface area contributed by atoms with Crippen molar-refractivity contribution in [2.45, 2.75) is 39.7 Å². The van der Waals surface area contributed by atoms with E-state index < -0.39 is 17.4 Å². The molecular formula is C14H22N2O4. The van der Waals surface area contributed by atoms with E-state index in [2.05, 4.69) is 0 Å². The van der Waals surface area contributed by atoms with E-state index in [0.717, 1.165) is 0 Å². The van der Waals surface area contributed by atoms with Crippen LogP contribution in [-0.2, 0) is 14.4 Å². The molecule has 20 heavy (non-hydrogen) atoms. The van der Waals surface area contributed by atoms with E-state index in [-0.39, 0.29) is 24.2 Å². The van der Waals surface area contributed by atoms with Gasteiger partial charge in [0.1, 0.15) is 0 Å². The predicted molar refractivity (Wildman–Crippen MR) is 71.9 cm³/mol. The first kappa shape index (κ1) is 15.0. The van der Waals surface area contributed by atoms with Gasteiger partial charge in [0.05, 0.1) is 17.9 Å². The first-order valence-corrected chi connectivity index (χ1v) is 7.15. The molecule has 6 heteroatoms. The Morgan fingerprint density at radius 3 is 2.50 bits per heavy atom. The summed E-state index contributed by atoms with van der Waals surface area (Å²) in [7, 11) is 0. The van der Waals surface area contributed by atoms with Gasteiger partial charge in [0, 0.05) is 19.6 Å². The summed E-state index contributed by atoms with van der Waals surface area (Å²) in [4.78, 5) is 38.7. The third kappa shape index (κ3) is 2.12. The van der Waals surface area contributed by atoms with Crippen LogP contribution in [0.4, 0.5) is 0 Å². The van der Waals surface area contributed by atoms with Crippen LogP contribution in [0.5, 0.6) is 0 Å². The maximum absolute atomic E-state index is 12.2. The molecule has 2 amide bonds. The van der Waals surface area contributed by atoms with E-state index in [9.17, 15) is 19.5 Å². The van der Waals surface area contributed by atoms with E-state index in [4.69, 9.17) is 0 Å². The van der Waals surface area contributed by atoms with Crippen molar-refractivity contribution in [3.05, 3.63) is 0 Å². The van der Waals surface area contributed by atoms with Gasteiger partial charge in [-0.1, -0.05) is 13.8 Å². The molecule has 2 fully saturated rings. The van der Waals surface area contributed by atoms with Crippen molar-refractivity contribution in [2.75, 3.05) is 19.6 Å². The number of carboxylic acids is 1. The number of carbonyl (C=O) groups excluding carboxylic acids is 2. The number of carbonyl (C=O) groups is 3. The molecule has 0 spiro atoms. The Labute approximate surface area is 118 Å². The molecule has 0 aliphatic carbocycles. The second-order valence-electron chi connectivity index (χ2n) is 6.03. The number of likely N-dealkylation sites (tertiary alicyclic amines) is 2. The molecule has 2 unspecified atom stereocenters. The molecule has 2 atom stereocenters. The predicted octanol–water partition coefficient (Wildman–Crippen LogP) is 0.566. The Kier molecular flexibility index (Phi) is 3.86. The minimum atomic E-state index is -0.806. The summed E-state index contributed by atoms with van der Waals surface area (Å²) < 4.78 is 0. The van der Waals surface area contributed by atoms with Gasteiger partial charge in [-0.05, 0) is 19.3 Å². The number of imide groups is 1. The molecule has 112 valence electrons. The number of amides is 2. The maximum atomic E-state index is 12.2. The third-order valence-corrected chi connectivity index (χ3v) is 4.84. The average molecular weight is 282 g/mol. The highest BCUT2D eigenvalue weighted by Gasteiger charge is 2.52. The molecule has 0 aromatic rings. The number of carboxylic acid groups (broad SMARTS) is 1. The molecule has 0 bridgehead atoms. The Morgan fingerprint density at radius 1 is 1.45 bits per heavy atom. The van der Waals surface area contributed by atoms with Crippen molar-refractivity contribution in [1.82, 2.24) is 9.80 Å².